The number of benzene rings is 1. The molecule has 1 unspecified atom stereocenters. The van der Waals surface area contributed by atoms with E-state index in [2.05, 4.69) is 55.5 Å². The minimum Gasteiger partial charge on any atom is -0.311 e. The van der Waals surface area contributed by atoms with Gasteiger partial charge in [0.1, 0.15) is 0 Å². The van der Waals surface area contributed by atoms with Gasteiger partial charge >= 0.3 is 0 Å². The largest absolute Gasteiger partial charge is 0.311 e. The third-order valence-corrected chi connectivity index (χ3v) is 3.71. The van der Waals surface area contributed by atoms with Crippen molar-refractivity contribution in [1.29, 1.82) is 0 Å². The third-order valence-electron chi connectivity index (χ3n) is 3.71. The molecule has 1 aliphatic rings. The molecule has 1 saturated carbocycles. The third kappa shape index (κ3) is 3.55. The first-order valence-electron chi connectivity index (χ1n) is 6.63. The zero-order chi connectivity index (χ0) is 12.3. The summed E-state index contributed by atoms with van der Waals surface area (Å²) in [5.74, 6) is 0.847. The number of hydrogen-bond acceptors (Lipinski definition) is 2. The van der Waals surface area contributed by atoms with E-state index in [0.29, 0.717) is 6.04 Å². The Morgan fingerprint density at radius 1 is 1.29 bits per heavy atom. The fourth-order valence-electron chi connectivity index (χ4n) is 2.09. The van der Waals surface area contributed by atoms with Gasteiger partial charge in [-0.25, -0.2) is 0 Å². The lowest BCUT2D eigenvalue weighted by molar-refractivity contribution is 0.302. The van der Waals surface area contributed by atoms with E-state index in [4.69, 9.17) is 0 Å². The summed E-state index contributed by atoms with van der Waals surface area (Å²) in [6, 6.07) is 9.46. The van der Waals surface area contributed by atoms with Gasteiger partial charge in [-0.1, -0.05) is 24.3 Å². The molecule has 1 N–H and O–H groups in total. The minimum absolute atomic E-state index is 0.586. The molecular formula is C15H24N2. The summed E-state index contributed by atoms with van der Waals surface area (Å²) in [7, 11) is 4.26. The fourth-order valence-corrected chi connectivity index (χ4v) is 2.09. The number of nitrogens with zero attached hydrogens (tertiary/aromatic N) is 1. The molecule has 1 aromatic carbocycles. The molecule has 0 bridgehead atoms. The van der Waals surface area contributed by atoms with E-state index >= 15 is 0 Å². The van der Waals surface area contributed by atoms with E-state index in [9.17, 15) is 0 Å². The van der Waals surface area contributed by atoms with Gasteiger partial charge < -0.3 is 10.2 Å². The maximum Gasteiger partial charge on any atom is 0.0208 e. The number of likely N-dealkylation sites (N-methyl/N-ethyl adjacent to an activating group) is 1. The molecule has 1 atom stereocenters. The highest BCUT2D eigenvalue weighted by Gasteiger charge is 2.25. The number of nitrogens with one attached hydrogen (secondary N) is 1. The number of rotatable bonds is 6. The minimum atomic E-state index is 0.586. The standard InChI is InChI=1S/C15H24N2/c1-12(17(2)3)10-16-11-14-6-4-5-7-15(14)13-8-9-13/h4-7,12-13,16H,8-11H2,1-3H3. The van der Waals surface area contributed by atoms with Gasteiger partial charge in [0.25, 0.3) is 0 Å². The highest BCUT2D eigenvalue weighted by Crippen LogP contribution is 2.41. The van der Waals surface area contributed by atoms with Crippen LogP contribution in [0.4, 0.5) is 0 Å². The maximum atomic E-state index is 3.56. The Morgan fingerprint density at radius 2 is 2.00 bits per heavy atom. The van der Waals surface area contributed by atoms with Crippen molar-refractivity contribution in [1.82, 2.24) is 10.2 Å². The lowest BCUT2D eigenvalue weighted by Gasteiger charge is -2.20. The molecule has 0 spiro atoms. The van der Waals surface area contributed by atoms with Crippen LogP contribution in [0.25, 0.3) is 0 Å². The molecule has 0 radical (unpaired) electrons. The van der Waals surface area contributed by atoms with Crippen molar-refractivity contribution < 1.29 is 0 Å². The van der Waals surface area contributed by atoms with E-state index in [0.717, 1.165) is 19.0 Å². The topological polar surface area (TPSA) is 15.3 Å². The molecule has 17 heavy (non-hydrogen) atoms. The van der Waals surface area contributed by atoms with Crippen LogP contribution in [0.1, 0.15) is 36.8 Å². The van der Waals surface area contributed by atoms with E-state index in [1.807, 2.05) is 0 Å². The first kappa shape index (κ1) is 12.6. The van der Waals surface area contributed by atoms with Crippen LogP contribution in [0, 0.1) is 0 Å². The van der Waals surface area contributed by atoms with Gasteiger partial charge in [-0.2, -0.15) is 0 Å². The van der Waals surface area contributed by atoms with Gasteiger partial charge in [-0.15, -0.1) is 0 Å². The van der Waals surface area contributed by atoms with Crippen molar-refractivity contribution >= 4 is 0 Å². The number of hydrogen-bond donors (Lipinski definition) is 1. The maximum absolute atomic E-state index is 3.56. The lowest BCUT2D eigenvalue weighted by Crippen LogP contribution is -2.35. The SMILES string of the molecule is CC(CNCc1ccccc1C1CC1)N(C)C. The Kier molecular flexibility index (Phi) is 4.19. The Morgan fingerprint density at radius 3 is 2.65 bits per heavy atom. The van der Waals surface area contributed by atoms with Crippen LogP contribution < -0.4 is 5.32 Å². The fraction of sp³-hybridized carbons (Fsp3) is 0.600. The Labute approximate surface area is 105 Å². The van der Waals surface area contributed by atoms with Gasteiger partial charge in [0.15, 0.2) is 0 Å². The molecule has 0 saturated heterocycles. The molecule has 2 rings (SSSR count). The second kappa shape index (κ2) is 5.65. The lowest BCUT2D eigenvalue weighted by atomic mass is 10.0. The summed E-state index contributed by atoms with van der Waals surface area (Å²) in [5.41, 5.74) is 3.05. The average molecular weight is 232 g/mol. The van der Waals surface area contributed by atoms with E-state index in [-0.39, 0.29) is 0 Å². The van der Waals surface area contributed by atoms with Crippen LogP contribution in [-0.4, -0.2) is 31.6 Å². The van der Waals surface area contributed by atoms with E-state index in [1.165, 1.54) is 18.4 Å². The molecule has 0 amide bonds. The summed E-state index contributed by atoms with van der Waals surface area (Å²) in [5, 5.41) is 3.56. The summed E-state index contributed by atoms with van der Waals surface area (Å²) >= 11 is 0. The van der Waals surface area contributed by atoms with Crippen LogP contribution in [0.2, 0.25) is 0 Å². The van der Waals surface area contributed by atoms with Gasteiger partial charge in [0.2, 0.25) is 0 Å². The van der Waals surface area contributed by atoms with Gasteiger partial charge in [0.05, 0.1) is 0 Å². The second-order valence-electron chi connectivity index (χ2n) is 5.42. The van der Waals surface area contributed by atoms with E-state index in [1.54, 1.807) is 5.56 Å². The molecule has 0 heterocycles. The monoisotopic (exact) mass is 232 g/mol. The smallest absolute Gasteiger partial charge is 0.0208 e. The van der Waals surface area contributed by atoms with Crippen molar-refractivity contribution in [3.63, 3.8) is 0 Å². The zero-order valence-electron chi connectivity index (χ0n) is 11.2. The van der Waals surface area contributed by atoms with Crippen molar-refractivity contribution in [3.8, 4) is 0 Å². The van der Waals surface area contributed by atoms with Crippen LogP contribution in [-0.2, 0) is 6.54 Å². The predicted octanol–water partition coefficient (Wildman–Crippen LogP) is 2.60. The highest BCUT2D eigenvalue weighted by atomic mass is 15.1. The van der Waals surface area contributed by atoms with Crippen LogP contribution in [0.3, 0.4) is 0 Å². The zero-order valence-corrected chi connectivity index (χ0v) is 11.2. The van der Waals surface area contributed by atoms with Crippen molar-refractivity contribution in [2.45, 2.75) is 38.3 Å². The first-order valence-corrected chi connectivity index (χ1v) is 6.63. The molecule has 1 fully saturated rings. The second-order valence-corrected chi connectivity index (χ2v) is 5.42. The van der Waals surface area contributed by atoms with Crippen molar-refractivity contribution in [3.05, 3.63) is 35.4 Å². The average Bonchev–Trinajstić information content (AvgIpc) is 3.13. The molecule has 0 aliphatic heterocycles. The van der Waals surface area contributed by atoms with Gasteiger partial charge in [-0.3, -0.25) is 0 Å². The summed E-state index contributed by atoms with van der Waals surface area (Å²) in [6.45, 7) is 4.30. The highest BCUT2D eigenvalue weighted by molar-refractivity contribution is 5.33. The molecule has 2 nitrogen and oxygen atoms in total. The Balaban J connectivity index is 1.86. The Hall–Kier alpha value is -0.860. The van der Waals surface area contributed by atoms with Crippen molar-refractivity contribution in [2.75, 3.05) is 20.6 Å². The van der Waals surface area contributed by atoms with E-state index < -0.39 is 0 Å². The Bertz CT molecular complexity index is 356. The van der Waals surface area contributed by atoms with Gasteiger partial charge in [-0.05, 0) is 50.9 Å². The van der Waals surface area contributed by atoms with Crippen molar-refractivity contribution in [2.24, 2.45) is 0 Å². The molecule has 2 heteroatoms. The van der Waals surface area contributed by atoms with Crippen LogP contribution in [0.15, 0.2) is 24.3 Å². The molecular weight excluding hydrogens is 208 g/mol. The molecule has 0 aromatic heterocycles. The molecule has 1 aliphatic carbocycles. The van der Waals surface area contributed by atoms with Crippen LogP contribution in [0.5, 0.6) is 0 Å². The predicted molar refractivity (Wildman–Crippen MR) is 73.3 cm³/mol. The molecule has 1 aromatic rings. The first-order chi connectivity index (χ1) is 8.18. The van der Waals surface area contributed by atoms with Gasteiger partial charge in [0, 0.05) is 19.1 Å². The quantitative estimate of drug-likeness (QED) is 0.811. The summed E-state index contributed by atoms with van der Waals surface area (Å²) < 4.78 is 0. The normalized spacial score (nSPS) is 17.4. The summed E-state index contributed by atoms with van der Waals surface area (Å²) in [4.78, 5) is 2.25. The summed E-state index contributed by atoms with van der Waals surface area (Å²) in [6.07, 6.45) is 2.76. The van der Waals surface area contributed by atoms with Crippen LogP contribution >= 0.6 is 0 Å². The molecule has 94 valence electrons.